The van der Waals surface area contributed by atoms with Crippen molar-refractivity contribution in [1.29, 1.82) is 0 Å². The topological polar surface area (TPSA) is 56.3 Å². The van der Waals surface area contributed by atoms with Crippen LogP contribution < -0.4 is 4.18 Å². The Hall–Kier alpha value is -1.40. The zero-order valence-corrected chi connectivity index (χ0v) is 11.9. The number of halogens is 1. The summed E-state index contributed by atoms with van der Waals surface area (Å²) in [7, 11) is -3.80. The number of hydrogen-bond acceptors (Lipinski definition) is 4. The van der Waals surface area contributed by atoms with Crippen LogP contribution in [0.2, 0.25) is 0 Å². The van der Waals surface area contributed by atoms with Crippen LogP contribution in [0.25, 0.3) is 0 Å². The Kier molecular flexibility index (Phi) is 3.68. The number of rotatable bonds is 3. The molecule has 0 spiro atoms. The quantitative estimate of drug-likeness (QED) is 0.642. The van der Waals surface area contributed by atoms with Crippen molar-refractivity contribution in [3.05, 3.63) is 52.8 Å². The molecule has 0 N–H and O–H groups in total. The average Bonchev–Trinajstić information content (AvgIpc) is 2.32. The second kappa shape index (κ2) is 5.07. The van der Waals surface area contributed by atoms with Crippen molar-refractivity contribution in [2.45, 2.75) is 11.8 Å². The van der Waals surface area contributed by atoms with Crippen molar-refractivity contribution >= 4 is 26.0 Å². The van der Waals surface area contributed by atoms with Gasteiger partial charge in [0.2, 0.25) is 0 Å². The van der Waals surface area contributed by atoms with Gasteiger partial charge >= 0.3 is 10.1 Å². The van der Waals surface area contributed by atoms with Gasteiger partial charge in [0, 0.05) is 0 Å². The summed E-state index contributed by atoms with van der Waals surface area (Å²) in [6.45, 7) is 1.88. The van der Waals surface area contributed by atoms with Crippen molar-refractivity contribution in [1.82, 2.24) is 4.98 Å². The highest BCUT2D eigenvalue weighted by Crippen LogP contribution is 2.19. The van der Waals surface area contributed by atoms with Gasteiger partial charge in [0.15, 0.2) is 5.75 Å². The van der Waals surface area contributed by atoms with E-state index in [0.29, 0.717) is 4.60 Å². The summed E-state index contributed by atoms with van der Waals surface area (Å²) in [6, 6.07) is 9.60. The first kappa shape index (κ1) is 13.0. The maximum atomic E-state index is 11.9. The number of aryl methyl sites for hydroxylation is 1. The van der Waals surface area contributed by atoms with E-state index in [1.165, 1.54) is 24.4 Å². The molecule has 18 heavy (non-hydrogen) atoms. The molecule has 0 fully saturated rings. The lowest BCUT2D eigenvalue weighted by atomic mass is 10.2. The summed E-state index contributed by atoms with van der Waals surface area (Å²) in [5, 5.41) is 0. The first-order valence-corrected chi connectivity index (χ1v) is 7.30. The van der Waals surface area contributed by atoms with Gasteiger partial charge in [-0.1, -0.05) is 17.7 Å². The Morgan fingerprint density at radius 2 is 1.78 bits per heavy atom. The van der Waals surface area contributed by atoms with Crippen LogP contribution >= 0.6 is 15.9 Å². The van der Waals surface area contributed by atoms with Gasteiger partial charge in [-0.3, -0.25) is 0 Å². The summed E-state index contributed by atoms with van der Waals surface area (Å²) in [5.41, 5.74) is 0.985. The van der Waals surface area contributed by atoms with Crippen molar-refractivity contribution in [3.8, 4) is 5.75 Å². The second-order valence-electron chi connectivity index (χ2n) is 3.67. The first-order valence-electron chi connectivity index (χ1n) is 5.10. The zero-order chi connectivity index (χ0) is 13.2. The number of nitrogens with zero attached hydrogens (tertiary/aromatic N) is 1. The molecule has 1 heterocycles. The van der Waals surface area contributed by atoms with Gasteiger partial charge in [0.05, 0.1) is 6.20 Å². The Morgan fingerprint density at radius 1 is 1.11 bits per heavy atom. The van der Waals surface area contributed by atoms with Crippen LogP contribution in [0.1, 0.15) is 5.56 Å². The highest BCUT2D eigenvalue weighted by Gasteiger charge is 2.16. The van der Waals surface area contributed by atoms with Crippen LogP contribution in [0.4, 0.5) is 0 Å². The minimum Gasteiger partial charge on any atom is -0.377 e. The van der Waals surface area contributed by atoms with E-state index in [9.17, 15) is 8.42 Å². The fraction of sp³-hybridized carbons (Fsp3) is 0.0833. The lowest BCUT2D eigenvalue weighted by Gasteiger charge is -2.06. The molecule has 0 saturated carbocycles. The molecule has 0 radical (unpaired) electrons. The number of hydrogen-bond donors (Lipinski definition) is 0. The number of benzene rings is 1. The minimum absolute atomic E-state index is 0.121. The Morgan fingerprint density at radius 3 is 2.33 bits per heavy atom. The molecule has 0 aliphatic rings. The third kappa shape index (κ3) is 3.08. The van der Waals surface area contributed by atoms with Gasteiger partial charge < -0.3 is 4.18 Å². The highest BCUT2D eigenvalue weighted by molar-refractivity contribution is 9.10. The van der Waals surface area contributed by atoms with Gasteiger partial charge in [0.25, 0.3) is 0 Å². The summed E-state index contributed by atoms with van der Waals surface area (Å²) < 4.78 is 29.5. The summed E-state index contributed by atoms with van der Waals surface area (Å²) in [5.74, 6) is 0.179. The van der Waals surface area contributed by atoms with Crippen molar-refractivity contribution in [2.24, 2.45) is 0 Å². The summed E-state index contributed by atoms with van der Waals surface area (Å²) >= 11 is 3.16. The molecule has 0 saturated heterocycles. The zero-order valence-electron chi connectivity index (χ0n) is 9.50. The van der Waals surface area contributed by atoms with E-state index in [1.807, 2.05) is 6.92 Å². The van der Waals surface area contributed by atoms with Crippen LogP contribution in [0.3, 0.4) is 0 Å². The predicted molar refractivity (Wildman–Crippen MR) is 70.9 cm³/mol. The van der Waals surface area contributed by atoms with E-state index >= 15 is 0 Å². The maximum absolute atomic E-state index is 11.9. The van der Waals surface area contributed by atoms with E-state index < -0.39 is 10.1 Å². The molecule has 0 bridgehead atoms. The standard InChI is InChI=1S/C12H10BrNO3S/c1-9-2-5-11(6-3-9)18(15,16)17-10-4-7-12(13)14-8-10/h2-8H,1H3. The van der Waals surface area contributed by atoms with Gasteiger partial charge in [-0.05, 0) is 47.1 Å². The van der Waals surface area contributed by atoms with E-state index in [-0.39, 0.29) is 10.6 Å². The molecule has 2 aromatic rings. The number of pyridine rings is 1. The van der Waals surface area contributed by atoms with Crippen molar-refractivity contribution in [2.75, 3.05) is 0 Å². The third-order valence-corrected chi connectivity index (χ3v) is 3.95. The lowest BCUT2D eigenvalue weighted by molar-refractivity contribution is 0.485. The molecule has 1 aromatic carbocycles. The van der Waals surface area contributed by atoms with Crippen molar-refractivity contribution < 1.29 is 12.6 Å². The van der Waals surface area contributed by atoms with Crippen LogP contribution in [-0.2, 0) is 10.1 Å². The largest absolute Gasteiger partial charge is 0.377 e. The molecule has 0 aliphatic carbocycles. The molecular formula is C12H10BrNO3S. The average molecular weight is 328 g/mol. The molecule has 94 valence electrons. The van der Waals surface area contributed by atoms with Gasteiger partial charge in [-0.15, -0.1) is 0 Å². The molecule has 0 atom stereocenters. The van der Waals surface area contributed by atoms with Crippen molar-refractivity contribution in [3.63, 3.8) is 0 Å². The van der Waals surface area contributed by atoms with Gasteiger partial charge in [-0.25, -0.2) is 4.98 Å². The normalized spacial score (nSPS) is 11.2. The maximum Gasteiger partial charge on any atom is 0.339 e. The van der Waals surface area contributed by atoms with Gasteiger partial charge in [0.1, 0.15) is 9.50 Å². The van der Waals surface area contributed by atoms with Crippen LogP contribution in [0.15, 0.2) is 52.1 Å². The third-order valence-electron chi connectivity index (χ3n) is 2.22. The SMILES string of the molecule is Cc1ccc(S(=O)(=O)Oc2ccc(Br)nc2)cc1. The highest BCUT2D eigenvalue weighted by atomic mass is 79.9. The minimum atomic E-state index is -3.80. The Balaban J connectivity index is 2.27. The second-order valence-corrected chi connectivity index (χ2v) is 6.03. The van der Waals surface area contributed by atoms with Crippen LogP contribution in [0.5, 0.6) is 5.75 Å². The monoisotopic (exact) mass is 327 g/mol. The van der Waals surface area contributed by atoms with Crippen LogP contribution in [-0.4, -0.2) is 13.4 Å². The summed E-state index contributed by atoms with van der Waals surface area (Å²) in [4.78, 5) is 4.02. The van der Waals surface area contributed by atoms with E-state index in [4.69, 9.17) is 4.18 Å². The Labute approximate surface area is 114 Å². The molecule has 1 aromatic heterocycles. The molecule has 4 nitrogen and oxygen atoms in total. The van der Waals surface area contributed by atoms with E-state index in [0.717, 1.165) is 5.56 Å². The fourth-order valence-corrected chi connectivity index (χ4v) is 2.44. The Bertz CT molecular complexity index is 636. The molecule has 0 unspecified atom stereocenters. The first-order chi connectivity index (χ1) is 8.47. The van der Waals surface area contributed by atoms with Gasteiger partial charge in [-0.2, -0.15) is 8.42 Å². The lowest BCUT2D eigenvalue weighted by Crippen LogP contribution is -2.09. The molecular weight excluding hydrogens is 318 g/mol. The van der Waals surface area contributed by atoms with Crippen LogP contribution in [0, 0.1) is 6.92 Å². The van der Waals surface area contributed by atoms with E-state index in [1.54, 1.807) is 18.2 Å². The molecule has 0 aliphatic heterocycles. The molecule has 6 heteroatoms. The number of aromatic nitrogens is 1. The molecule has 2 rings (SSSR count). The smallest absolute Gasteiger partial charge is 0.339 e. The fourth-order valence-electron chi connectivity index (χ4n) is 1.29. The summed E-state index contributed by atoms with van der Waals surface area (Å²) in [6.07, 6.45) is 1.34. The molecule has 0 amide bonds. The van der Waals surface area contributed by atoms with E-state index in [2.05, 4.69) is 20.9 Å². The predicted octanol–water partition coefficient (Wildman–Crippen LogP) is 2.92.